The van der Waals surface area contributed by atoms with Crippen LogP contribution in [0.3, 0.4) is 0 Å². The van der Waals surface area contributed by atoms with Crippen LogP contribution in [0.5, 0.6) is 0 Å². The Morgan fingerprint density at radius 3 is 2.16 bits per heavy atom. The number of hydrogen-bond donors (Lipinski definition) is 2. The van der Waals surface area contributed by atoms with Crippen LogP contribution in [-0.2, 0) is 0 Å². The summed E-state index contributed by atoms with van der Waals surface area (Å²) in [6, 6.07) is 0. The second-order valence-corrected chi connectivity index (χ2v) is 8.63. The molecule has 0 spiro atoms. The van der Waals surface area contributed by atoms with Crippen LogP contribution >= 0.6 is 11.8 Å². The average Bonchev–Trinajstić information content (AvgIpc) is 2.24. The summed E-state index contributed by atoms with van der Waals surface area (Å²) in [5, 5.41) is 0. The van der Waals surface area contributed by atoms with Gasteiger partial charge in [0, 0.05) is 6.20 Å². The van der Waals surface area contributed by atoms with E-state index in [0.29, 0.717) is 11.3 Å². The second kappa shape index (κ2) is 8.21. The van der Waals surface area contributed by atoms with Gasteiger partial charge in [-0.2, -0.15) is 11.8 Å². The zero-order chi connectivity index (χ0) is 15.1. The minimum absolute atomic E-state index is 0.182. The van der Waals surface area contributed by atoms with Crippen molar-refractivity contribution in [3.05, 3.63) is 11.8 Å². The van der Waals surface area contributed by atoms with Gasteiger partial charge in [-0.05, 0) is 46.7 Å². The summed E-state index contributed by atoms with van der Waals surface area (Å²) in [6.45, 7) is 16.0. The molecule has 0 amide bonds. The molecule has 1 unspecified atom stereocenters. The normalized spacial score (nSPS) is 15.5. The maximum Gasteiger partial charge on any atom is 0.0123 e. The first-order valence-electron chi connectivity index (χ1n) is 7.36. The van der Waals surface area contributed by atoms with Crippen LogP contribution in [0.25, 0.3) is 0 Å². The fourth-order valence-corrected chi connectivity index (χ4v) is 3.43. The highest BCUT2D eigenvalue weighted by molar-refractivity contribution is 7.99. The number of hydrogen-bond acceptors (Lipinski definition) is 3. The van der Waals surface area contributed by atoms with Crippen LogP contribution in [0.4, 0.5) is 0 Å². The minimum Gasteiger partial charge on any atom is -0.331 e. The molecule has 0 radical (unpaired) electrons. The summed E-state index contributed by atoms with van der Waals surface area (Å²) in [7, 11) is 0. The number of hydrazine groups is 1. The minimum atomic E-state index is 0.182. The van der Waals surface area contributed by atoms with Gasteiger partial charge in [-0.25, -0.2) is 0 Å². The first kappa shape index (κ1) is 18.9. The van der Waals surface area contributed by atoms with Crippen LogP contribution in [0.15, 0.2) is 11.8 Å². The van der Waals surface area contributed by atoms with Crippen LogP contribution in [-0.4, -0.2) is 11.5 Å². The van der Waals surface area contributed by atoms with Crippen LogP contribution in [0.2, 0.25) is 0 Å². The number of rotatable bonds is 7. The molecule has 0 aromatic heterocycles. The lowest BCUT2D eigenvalue weighted by Crippen LogP contribution is -2.24. The monoisotopic (exact) mass is 286 g/mol. The third kappa shape index (κ3) is 8.59. The topological polar surface area (TPSA) is 38.0 Å². The number of thioether (sulfide) groups is 1. The van der Waals surface area contributed by atoms with Gasteiger partial charge in [-0.15, -0.1) is 0 Å². The Kier molecular flexibility index (Phi) is 8.14. The van der Waals surface area contributed by atoms with Crippen molar-refractivity contribution in [1.29, 1.82) is 0 Å². The van der Waals surface area contributed by atoms with Gasteiger partial charge in [0.25, 0.3) is 0 Å². The first-order valence-corrected chi connectivity index (χ1v) is 8.51. The Labute approximate surface area is 125 Å². The van der Waals surface area contributed by atoms with E-state index in [1.807, 2.05) is 6.20 Å². The lowest BCUT2D eigenvalue weighted by atomic mass is 9.77. The summed E-state index contributed by atoms with van der Waals surface area (Å²) in [6.07, 6.45) is 4.42. The highest BCUT2D eigenvalue weighted by Crippen LogP contribution is 2.35. The molecule has 114 valence electrons. The van der Waals surface area contributed by atoms with Gasteiger partial charge in [0.1, 0.15) is 0 Å². The van der Waals surface area contributed by atoms with Crippen molar-refractivity contribution in [3.63, 3.8) is 0 Å². The van der Waals surface area contributed by atoms with E-state index in [-0.39, 0.29) is 5.41 Å². The summed E-state index contributed by atoms with van der Waals surface area (Å²) in [4.78, 5) is 0. The second-order valence-electron chi connectivity index (χ2n) is 7.52. The molecule has 0 saturated heterocycles. The third-order valence-electron chi connectivity index (χ3n) is 3.18. The Bertz CT molecular complexity index is 271. The first-order chi connectivity index (χ1) is 8.61. The Hall–Kier alpha value is -0.150. The van der Waals surface area contributed by atoms with E-state index < -0.39 is 0 Å². The molecule has 3 heteroatoms. The fourth-order valence-electron chi connectivity index (χ4n) is 2.22. The molecule has 0 saturated carbocycles. The smallest absolute Gasteiger partial charge is 0.0123 e. The molecule has 3 N–H and O–H groups in total. The molecule has 0 rings (SSSR count). The van der Waals surface area contributed by atoms with Crippen LogP contribution < -0.4 is 11.3 Å². The van der Waals surface area contributed by atoms with Crippen molar-refractivity contribution < 1.29 is 0 Å². The highest BCUT2D eigenvalue weighted by atomic mass is 32.2. The molecule has 0 fully saturated rings. The van der Waals surface area contributed by atoms with E-state index in [1.54, 1.807) is 0 Å². The van der Waals surface area contributed by atoms with Crippen molar-refractivity contribution >= 4 is 11.8 Å². The lowest BCUT2D eigenvalue weighted by molar-refractivity contribution is 0.403. The zero-order valence-electron chi connectivity index (χ0n) is 14.0. The van der Waals surface area contributed by atoms with E-state index in [9.17, 15) is 0 Å². The van der Waals surface area contributed by atoms with Crippen molar-refractivity contribution in [2.75, 3.05) is 11.5 Å². The van der Waals surface area contributed by atoms with Gasteiger partial charge < -0.3 is 5.43 Å². The Balaban J connectivity index is 4.44. The van der Waals surface area contributed by atoms with Gasteiger partial charge in [0.2, 0.25) is 0 Å². The quantitative estimate of drug-likeness (QED) is 0.409. The van der Waals surface area contributed by atoms with E-state index in [0.717, 1.165) is 0 Å². The maximum atomic E-state index is 5.50. The van der Waals surface area contributed by atoms with Gasteiger partial charge >= 0.3 is 0 Å². The highest BCUT2D eigenvalue weighted by Gasteiger charge is 2.24. The molecule has 0 aromatic carbocycles. The van der Waals surface area contributed by atoms with Crippen molar-refractivity contribution in [2.45, 2.75) is 61.3 Å². The number of nitrogens with one attached hydrogen (secondary N) is 1. The molecule has 0 aliphatic carbocycles. The standard InChI is InChI=1S/C16H34N2S/c1-8-13(9-10-19-12-15(2,3)4)14(11-18-17)16(5,6)7/h11,13,18H,8-10,12,17H2,1-7H3/b14-11+. The molecular formula is C16H34N2S. The molecule has 0 aromatic rings. The summed E-state index contributed by atoms with van der Waals surface area (Å²) in [5.74, 6) is 8.59. The molecule has 2 nitrogen and oxygen atoms in total. The number of nitrogens with two attached hydrogens (primary N) is 1. The summed E-state index contributed by atoms with van der Waals surface area (Å²) in [5.41, 5.74) is 4.78. The Morgan fingerprint density at radius 2 is 1.79 bits per heavy atom. The van der Waals surface area contributed by atoms with Gasteiger partial charge in [0.05, 0.1) is 0 Å². The predicted octanol–water partition coefficient (Wildman–Crippen LogP) is 4.58. The largest absolute Gasteiger partial charge is 0.331 e. The van der Waals surface area contributed by atoms with Gasteiger partial charge in [0.15, 0.2) is 0 Å². The predicted molar refractivity (Wildman–Crippen MR) is 90.0 cm³/mol. The van der Waals surface area contributed by atoms with Crippen LogP contribution in [0, 0.1) is 16.7 Å². The molecule has 0 aliphatic heterocycles. The Morgan fingerprint density at radius 1 is 1.21 bits per heavy atom. The maximum absolute atomic E-state index is 5.50. The van der Waals surface area contributed by atoms with E-state index in [1.165, 1.54) is 29.9 Å². The molecule has 0 heterocycles. The van der Waals surface area contributed by atoms with Crippen molar-refractivity contribution in [3.8, 4) is 0 Å². The molecule has 1 atom stereocenters. The van der Waals surface area contributed by atoms with Crippen molar-refractivity contribution in [2.24, 2.45) is 22.6 Å². The third-order valence-corrected chi connectivity index (χ3v) is 4.78. The molecule has 0 aliphatic rings. The van der Waals surface area contributed by atoms with E-state index >= 15 is 0 Å². The number of allylic oxidation sites excluding steroid dienone is 1. The van der Waals surface area contributed by atoms with Crippen molar-refractivity contribution in [1.82, 2.24) is 5.43 Å². The summed E-state index contributed by atoms with van der Waals surface area (Å²) >= 11 is 2.07. The van der Waals surface area contributed by atoms with Gasteiger partial charge in [-0.1, -0.05) is 48.5 Å². The lowest BCUT2D eigenvalue weighted by Gasteiger charge is -2.30. The molecule has 0 bridgehead atoms. The van der Waals surface area contributed by atoms with E-state index in [2.05, 4.69) is 65.7 Å². The van der Waals surface area contributed by atoms with E-state index in [4.69, 9.17) is 5.84 Å². The molecule has 19 heavy (non-hydrogen) atoms. The van der Waals surface area contributed by atoms with Crippen LogP contribution in [0.1, 0.15) is 61.3 Å². The summed E-state index contributed by atoms with van der Waals surface area (Å²) < 4.78 is 0. The molecular weight excluding hydrogens is 252 g/mol. The average molecular weight is 287 g/mol. The fraction of sp³-hybridized carbons (Fsp3) is 0.875. The zero-order valence-corrected chi connectivity index (χ0v) is 14.8. The van der Waals surface area contributed by atoms with Gasteiger partial charge in [-0.3, -0.25) is 5.84 Å². The SMILES string of the molecule is CCC(CCSCC(C)(C)C)/C(=C\NN)C(C)(C)C.